The molecule has 90 valence electrons. The average molecular weight is 247 g/mol. The van der Waals surface area contributed by atoms with E-state index in [-0.39, 0.29) is 4.90 Å². The summed E-state index contributed by atoms with van der Waals surface area (Å²) in [5, 5.41) is 12.5. The SMILES string of the molecule is CC(C(N)C(=O)O)n1cc(S(C)(=O)=O)cn1. The molecule has 0 radical (unpaired) electrons. The van der Waals surface area contributed by atoms with Crippen molar-refractivity contribution in [1.82, 2.24) is 9.78 Å². The second-order valence-electron chi connectivity index (χ2n) is 3.53. The maximum atomic E-state index is 11.2. The number of aromatic nitrogens is 2. The van der Waals surface area contributed by atoms with Gasteiger partial charge in [0.25, 0.3) is 0 Å². The van der Waals surface area contributed by atoms with Gasteiger partial charge in [0, 0.05) is 12.5 Å². The van der Waals surface area contributed by atoms with Gasteiger partial charge >= 0.3 is 5.97 Å². The van der Waals surface area contributed by atoms with Crippen LogP contribution < -0.4 is 5.73 Å². The minimum atomic E-state index is -3.33. The number of hydrogen-bond acceptors (Lipinski definition) is 5. The van der Waals surface area contributed by atoms with Crippen LogP contribution in [-0.2, 0) is 14.6 Å². The van der Waals surface area contributed by atoms with Gasteiger partial charge in [-0.1, -0.05) is 0 Å². The summed E-state index contributed by atoms with van der Waals surface area (Å²) in [6, 6.07) is -1.75. The van der Waals surface area contributed by atoms with Crippen molar-refractivity contribution >= 4 is 15.8 Å². The summed E-state index contributed by atoms with van der Waals surface area (Å²) >= 11 is 0. The lowest BCUT2D eigenvalue weighted by atomic mass is 10.1. The molecule has 0 aromatic carbocycles. The number of carboxylic acids is 1. The first-order valence-electron chi connectivity index (χ1n) is 4.46. The number of aliphatic carboxylic acids is 1. The third-order valence-corrected chi connectivity index (χ3v) is 3.30. The Morgan fingerprint density at radius 2 is 2.19 bits per heavy atom. The molecule has 8 heteroatoms. The molecule has 0 aliphatic rings. The molecule has 0 aliphatic carbocycles. The zero-order valence-corrected chi connectivity index (χ0v) is 9.68. The summed E-state index contributed by atoms with van der Waals surface area (Å²) in [6.45, 7) is 1.55. The maximum Gasteiger partial charge on any atom is 0.322 e. The average Bonchev–Trinajstić information content (AvgIpc) is 2.63. The van der Waals surface area contributed by atoms with E-state index in [0.29, 0.717) is 0 Å². The highest BCUT2D eigenvalue weighted by molar-refractivity contribution is 7.90. The summed E-state index contributed by atoms with van der Waals surface area (Å²) in [4.78, 5) is 10.7. The normalized spacial score (nSPS) is 15.7. The summed E-state index contributed by atoms with van der Waals surface area (Å²) in [5.41, 5.74) is 5.40. The predicted octanol–water partition coefficient (Wildman–Crippen LogP) is -0.740. The molecule has 0 bridgehead atoms. The van der Waals surface area contributed by atoms with Crippen LogP contribution in [0.2, 0.25) is 0 Å². The van der Waals surface area contributed by atoms with Crippen molar-refractivity contribution in [3.8, 4) is 0 Å². The number of nitrogens with two attached hydrogens (primary N) is 1. The van der Waals surface area contributed by atoms with Gasteiger partial charge in [0.15, 0.2) is 9.84 Å². The molecule has 2 atom stereocenters. The van der Waals surface area contributed by atoms with E-state index >= 15 is 0 Å². The number of carboxylic acid groups (broad SMARTS) is 1. The van der Waals surface area contributed by atoms with E-state index in [1.807, 2.05) is 0 Å². The third-order valence-electron chi connectivity index (χ3n) is 2.23. The van der Waals surface area contributed by atoms with Gasteiger partial charge in [-0.2, -0.15) is 5.10 Å². The quantitative estimate of drug-likeness (QED) is 0.724. The Morgan fingerprint density at radius 1 is 1.62 bits per heavy atom. The first-order chi connectivity index (χ1) is 7.23. The molecular weight excluding hydrogens is 234 g/mol. The summed E-state index contributed by atoms with van der Waals surface area (Å²) in [6.07, 6.45) is 3.49. The highest BCUT2D eigenvalue weighted by Gasteiger charge is 2.23. The standard InChI is InChI=1S/C8H13N3O4S/c1-5(7(9)8(12)13)11-4-6(3-10-11)16(2,14)15/h3-5,7H,9H2,1-2H3,(H,12,13). The third kappa shape index (κ3) is 2.58. The lowest BCUT2D eigenvalue weighted by Gasteiger charge is -2.15. The Labute approximate surface area is 92.8 Å². The van der Waals surface area contributed by atoms with E-state index < -0.39 is 27.9 Å². The van der Waals surface area contributed by atoms with E-state index in [9.17, 15) is 13.2 Å². The Kier molecular flexibility index (Phi) is 3.34. The van der Waals surface area contributed by atoms with Crippen LogP contribution in [-0.4, -0.2) is 41.6 Å². The van der Waals surface area contributed by atoms with Crippen LogP contribution in [0.15, 0.2) is 17.3 Å². The number of hydrogen-bond donors (Lipinski definition) is 2. The number of carbonyl (C=O) groups is 1. The van der Waals surface area contributed by atoms with Crippen LogP contribution >= 0.6 is 0 Å². The summed E-state index contributed by atoms with van der Waals surface area (Å²) in [5.74, 6) is -1.16. The van der Waals surface area contributed by atoms with Gasteiger partial charge < -0.3 is 10.8 Å². The smallest absolute Gasteiger partial charge is 0.322 e. The van der Waals surface area contributed by atoms with Crippen LogP contribution in [0.5, 0.6) is 0 Å². The summed E-state index contributed by atoms with van der Waals surface area (Å²) < 4.78 is 23.6. The molecule has 0 fully saturated rings. The molecule has 1 aromatic rings. The van der Waals surface area contributed by atoms with Gasteiger partial charge in [-0.3, -0.25) is 9.48 Å². The van der Waals surface area contributed by atoms with E-state index in [0.717, 1.165) is 6.26 Å². The number of rotatable bonds is 4. The molecule has 0 spiro atoms. The highest BCUT2D eigenvalue weighted by Crippen LogP contribution is 2.13. The lowest BCUT2D eigenvalue weighted by Crippen LogP contribution is -2.38. The highest BCUT2D eigenvalue weighted by atomic mass is 32.2. The summed E-state index contributed by atoms with van der Waals surface area (Å²) in [7, 11) is -3.33. The zero-order valence-electron chi connectivity index (χ0n) is 8.86. The van der Waals surface area contributed by atoms with Gasteiger partial charge in [-0.25, -0.2) is 8.42 Å². The fraction of sp³-hybridized carbons (Fsp3) is 0.500. The van der Waals surface area contributed by atoms with Crippen molar-refractivity contribution in [3.05, 3.63) is 12.4 Å². The van der Waals surface area contributed by atoms with E-state index in [1.54, 1.807) is 6.92 Å². The molecule has 1 aromatic heterocycles. The fourth-order valence-electron chi connectivity index (χ4n) is 1.11. The first kappa shape index (κ1) is 12.7. The maximum absolute atomic E-state index is 11.2. The molecule has 16 heavy (non-hydrogen) atoms. The zero-order chi connectivity index (χ0) is 12.5. The molecule has 3 N–H and O–H groups in total. The van der Waals surface area contributed by atoms with Crippen molar-refractivity contribution in [3.63, 3.8) is 0 Å². The largest absolute Gasteiger partial charge is 0.480 e. The van der Waals surface area contributed by atoms with Gasteiger partial charge in [0.1, 0.15) is 10.9 Å². The minimum absolute atomic E-state index is 0.0388. The molecule has 0 saturated heterocycles. The van der Waals surface area contributed by atoms with Crippen LogP contribution in [0.25, 0.3) is 0 Å². The van der Waals surface area contributed by atoms with Crippen molar-refractivity contribution in [2.24, 2.45) is 5.73 Å². The van der Waals surface area contributed by atoms with Crippen LogP contribution in [0.1, 0.15) is 13.0 Å². The van der Waals surface area contributed by atoms with Crippen LogP contribution in [0.3, 0.4) is 0 Å². The second-order valence-corrected chi connectivity index (χ2v) is 5.55. The lowest BCUT2D eigenvalue weighted by molar-refractivity contribution is -0.139. The number of nitrogens with zero attached hydrogens (tertiary/aromatic N) is 2. The van der Waals surface area contributed by atoms with Crippen molar-refractivity contribution in [2.75, 3.05) is 6.26 Å². The first-order valence-corrected chi connectivity index (χ1v) is 6.35. The van der Waals surface area contributed by atoms with Gasteiger partial charge in [-0.05, 0) is 6.92 Å². The van der Waals surface area contributed by atoms with Crippen molar-refractivity contribution in [2.45, 2.75) is 23.9 Å². The monoisotopic (exact) mass is 247 g/mol. The van der Waals surface area contributed by atoms with Crippen LogP contribution in [0.4, 0.5) is 0 Å². The molecule has 2 unspecified atom stereocenters. The minimum Gasteiger partial charge on any atom is -0.480 e. The predicted molar refractivity (Wildman–Crippen MR) is 55.7 cm³/mol. The topological polar surface area (TPSA) is 115 Å². The Bertz CT molecular complexity index is 493. The van der Waals surface area contributed by atoms with E-state index in [2.05, 4.69) is 5.10 Å². The molecule has 0 amide bonds. The Balaban J connectivity index is 2.99. The van der Waals surface area contributed by atoms with Gasteiger partial charge in [0.05, 0.1) is 12.2 Å². The van der Waals surface area contributed by atoms with Crippen molar-refractivity contribution < 1.29 is 18.3 Å². The number of sulfone groups is 1. The fourth-order valence-corrected chi connectivity index (χ4v) is 1.64. The molecule has 1 heterocycles. The van der Waals surface area contributed by atoms with Crippen LogP contribution in [0, 0.1) is 0 Å². The van der Waals surface area contributed by atoms with Crippen molar-refractivity contribution in [1.29, 1.82) is 0 Å². The second kappa shape index (κ2) is 4.22. The Morgan fingerprint density at radius 3 is 2.56 bits per heavy atom. The van der Waals surface area contributed by atoms with Gasteiger partial charge in [-0.15, -0.1) is 0 Å². The Hall–Kier alpha value is -1.41. The molecule has 0 aliphatic heterocycles. The molecule has 7 nitrogen and oxygen atoms in total. The van der Waals surface area contributed by atoms with E-state index in [1.165, 1.54) is 17.1 Å². The van der Waals surface area contributed by atoms with E-state index in [4.69, 9.17) is 10.8 Å². The van der Waals surface area contributed by atoms with Gasteiger partial charge in [0.2, 0.25) is 0 Å². The molecule has 0 saturated carbocycles. The molecular formula is C8H13N3O4S. The molecule has 1 rings (SSSR count).